The van der Waals surface area contributed by atoms with Gasteiger partial charge < -0.3 is 14.2 Å². The Labute approximate surface area is 343 Å². The van der Waals surface area contributed by atoms with Crippen molar-refractivity contribution in [3.63, 3.8) is 0 Å². The van der Waals surface area contributed by atoms with Crippen molar-refractivity contribution in [3.05, 3.63) is 97.2 Å². The zero-order valence-corrected chi connectivity index (χ0v) is 35.9. The molecular weight excluding hydrogens is 697 g/mol. The van der Waals surface area contributed by atoms with Gasteiger partial charge >= 0.3 is 17.9 Å². The lowest BCUT2D eigenvalue weighted by atomic mass is 10.1. The maximum absolute atomic E-state index is 12.7. The molecule has 1 unspecified atom stereocenters. The van der Waals surface area contributed by atoms with Crippen LogP contribution in [-0.2, 0) is 28.6 Å². The van der Waals surface area contributed by atoms with Crippen LogP contribution in [0.1, 0.15) is 181 Å². The SMILES string of the molecule is CC/C=C\C/C=C\C/C=C\C/C=C\C/C=C\CCCCCC(=O)OCC(COC(=O)C/C=C\C/C=C\C/C=C\CC)OC(=O)CCCCCCCCCCCC. The Hall–Kier alpha value is -3.67. The fourth-order valence-corrected chi connectivity index (χ4v) is 5.59. The maximum atomic E-state index is 12.7. The van der Waals surface area contributed by atoms with Crippen LogP contribution < -0.4 is 0 Å². The van der Waals surface area contributed by atoms with Crippen molar-refractivity contribution in [2.24, 2.45) is 0 Å². The molecule has 316 valence electrons. The summed E-state index contributed by atoms with van der Waals surface area (Å²) in [4.78, 5) is 37.5. The Morgan fingerprint density at radius 3 is 1.25 bits per heavy atom. The second kappa shape index (κ2) is 44.0. The highest BCUT2D eigenvalue weighted by Crippen LogP contribution is 2.13. The van der Waals surface area contributed by atoms with Crippen LogP contribution in [0.15, 0.2) is 97.2 Å². The molecule has 0 rings (SSSR count). The molecule has 0 spiro atoms. The Kier molecular flexibility index (Phi) is 41.2. The summed E-state index contributed by atoms with van der Waals surface area (Å²) in [6.07, 6.45) is 57.1. The third kappa shape index (κ3) is 41.5. The quantitative estimate of drug-likeness (QED) is 0.0269. The summed E-state index contributed by atoms with van der Waals surface area (Å²) in [5, 5.41) is 0. The standard InChI is InChI=1S/C50H80O6/c1-4-7-10-13-16-19-21-22-23-24-25-26-27-28-29-32-34-37-40-43-49(52)55-46-47(45-54-48(51)42-39-36-33-30-18-15-12-9-6-3)56-50(53)44-41-38-35-31-20-17-14-11-8-5-2/h7,9-10,12,16,18-19,22-23,25-26,28-30,36,39,47H,4-6,8,11,13-15,17,20-21,24,27,31-35,37-38,40-46H2,1-3H3/b10-7-,12-9-,19-16-,23-22-,26-25-,29-28-,30-18-,39-36-. The summed E-state index contributed by atoms with van der Waals surface area (Å²) in [5.41, 5.74) is 0. The molecule has 0 amide bonds. The summed E-state index contributed by atoms with van der Waals surface area (Å²) in [6, 6.07) is 0. The van der Waals surface area contributed by atoms with E-state index in [-0.39, 0.29) is 31.6 Å². The molecule has 0 aromatic heterocycles. The molecule has 1 atom stereocenters. The molecule has 56 heavy (non-hydrogen) atoms. The fraction of sp³-hybridized carbons (Fsp3) is 0.620. The molecule has 0 saturated carbocycles. The van der Waals surface area contributed by atoms with Crippen LogP contribution in [0.3, 0.4) is 0 Å². The Morgan fingerprint density at radius 1 is 0.393 bits per heavy atom. The van der Waals surface area contributed by atoms with Gasteiger partial charge in [-0.05, 0) is 77.0 Å². The van der Waals surface area contributed by atoms with Gasteiger partial charge in [-0.1, -0.05) is 182 Å². The largest absolute Gasteiger partial charge is 0.462 e. The van der Waals surface area contributed by atoms with E-state index in [0.717, 1.165) is 96.3 Å². The number of unbranched alkanes of at least 4 members (excludes halogenated alkanes) is 12. The highest BCUT2D eigenvalue weighted by atomic mass is 16.6. The van der Waals surface area contributed by atoms with Gasteiger partial charge in [-0.25, -0.2) is 0 Å². The smallest absolute Gasteiger partial charge is 0.309 e. The molecule has 0 fully saturated rings. The molecule has 0 saturated heterocycles. The first kappa shape index (κ1) is 52.3. The fourth-order valence-electron chi connectivity index (χ4n) is 5.59. The molecule has 0 radical (unpaired) electrons. The Balaban J connectivity index is 4.45. The molecule has 0 aliphatic carbocycles. The molecular formula is C50H80O6. The van der Waals surface area contributed by atoms with E-state index in [2.05, 4.69) is 106 Å². The van der Waals surface area contributed by atoms with Gasteiger partial charge in [-0.2, -0.15) is 0 Å². The van der Waals surface area contributed by atoms with Gasteiger partial charge in [0.15, 0.2) is 6.10 Å². The molecule has 6 heteroatoms. The monoisotopic (exact) mass is 777 g/mol. The van der Waals surface area contributed by atoms with Gasteiger partial charge in [0.1, 0.15) is 13.2 Å². The molecule has 0 heterocycles. The number of esters is 3. The van der Waals surface area contributed by atoms with Crippen molar-refractivity contribution in [1.82, 2.24) is 0 Å². The highest BCUT2D eigenvalue weighted by molar-refractivity contribution is 5.72. The van der Waals surface area contributed by atoms with Crippen LogP contribution in [0.2, 0.25) is 0 Å². The highest BCUT2D eigenvalue weighted by Gasteiger charge is 2.19. The average molecular weight is 777 g/mol. The van der Waals surface area contributed by atoms with E-state index in [0.29, 0.717) is 12.8 Å². The minimum atomic E-state index is -0.822. The van der Waals surface area contributed by atoms with E-state index < -0.39 is 12.1 Å². The van der Waals surface area contributed by atoms with Gasteiger partial charge in [0.2, 0.25) is 0 Å². The minimum absolute atomic E-state index is 0.122. The molecule has 0 N–H and O–H groups in total. The average Bonchev–Trinajstić information content (AvgIpc) is 3.19. The van der Waals surface area contributed by atoms with Crippen LogP contribution >= 0.6 is 0 Å². The second-order valence-corrected chi connectivity index (χ2v) is 14.2. The topological polar surface area (TPSA) is 78.9 Å². The van der Waals surface area contributed by atoms with E-state index >= 15 is 0 Å². The van der Waals surface area contributed by atoms with Crippen LogP contribution in [-0.4, -0.2) is 37.2 Å². The maximum Gasteiger partial charge on any atom is 0.309 e. The third-order valence-electron chi connectivity index (χ3n) is 8.87. The first-order chi connectivity index (χ1) is 27.5. The number of carbonyl (C=O) groups is 3. The third-order valence-corrected chi connectivity index (χ3v) is 8.87. The lowest BCUT2D eigenvalue weighted by Gasteiger charge is -2.18. The Morgan fingerprint density at radius 2 is 0.768 bits per heavy atom. The molecule has 0 aromatic rings. The van der Waals surface area contributed by atoms with Crippen LogP contribution in [0.5, 0.6) is 0 Å². The first-order valence-electron chi connectivity index (χ1n) is 22.2. The van der Waals surface area contributed by atoms with Crippen LogP contribution in [0.4, 0.5) is 0 Å². The zero-order chi connectivity index (χ0) is 40.8. The second-order valence-electron chi connectivity index (χ2n) is 14.2. The number of carbonyl (C=O) groups excluding carboxylic acids is 3. The summed E-state index contributed by atoms with van der Waals surface area (Å²) in [5.74, 6) is -1.09. The van der Waals surface area contributed by atoms with Gasteiger partial charge in [-0.3, -0.25) is 14.4 Å². The summed E-state index contributed by atoms with van der Waals surface area (Å²) in [7, 11) is 0. The van der Waals surface area contributed by atoms with Crippen molar-refractivity contribution >= 4 is 17.9 Å². The van der Waals surface area contributed by atoms with Crippen molar-refractivity contribution in [3.8, 4) is 0 Å². The van der Waals surface area contributed by atoms with Crippen LogP contribution in [0.25, 0.3) is 0 Å². The lowest BCUT2D eigenvalue weighted by molar-refractivity contribution is -0.166. The number of rotatable bonds is 38. The van der Waals surface area contributed by atoms with Crippen LogP contribution in [0, 0.1) is 0 Å². The van der Waals surface area contributed by atoms with E-state index in [9.17, 15) is 14.4 Å². The number of ether oxygens (including phenoxy) is 3. The van der Waals surface area contributed by atoms with Crippen molar-refractivity contribution < 1.29 is 28.6 Å². The van der Waals surface area contributed by atoms with Crippen molar-refractivity contribution in [2.45, 2.75) is 187 Å². The van der Waals surface area contributed by atoms with Crippen molar-refractivity contribution in [2.75, 3.05) is 13.2 Å². The molecule has 0 aliphatic rings. The van der Waals surface area contributed by atoms with Crippen molar-refractivity contribution in [1.29, 1.82) is 0 Å². The van der Waals surface area contributed by atoms with E-state index in [1.54, 1.807) is 6.08 Å². The van der Waals surface area contributed by atoms with Gasteiger partial charge in [0.25, 0.3) is 0 Å². The van der Waals surface area contributed by atoms with E-state index in [1.807, 2.05) is 6.08 Å². The van der Waals surface area contributed by atoms with E-state index in [4.69, 9.17) is 14.2 Å². The van der Waals surface area contributed by atoms with Gasteiger partial charge in [0, 0.05) is 12.8 Å². The number of hydrogen-bond donors (Lipinski definition) is 0. The number of hydrogen-bond acceptors (Lipinski definition) is 6. The predicted molar refractivity (Wildman–Crippen MR) is 237 cm³/mol. The molecule has 0 bridgehead atoms. The summed E-state index contributed by atoms with van der Waals surface area (Å²) < 4.78 is 16.5. The molecule has 6 nitrogen and oxygen atoms in total. The van der Waals surface area contributed by atoms with Gasteiger partial charge in [-0.15, -0.1) is 0 Å². The molecule has 0 aliphatic heterocycles. The summed E-state index contributed by atoms with van der Waals surface area (Å²) in [6.45, 7) is 6.23. The summed E-state index contributed by atoms with van der Waals surface area (Å²) >= 11 is 0. The lowest BCUT2D eigenvalue weighted by Crippen LogP contribution is -2.30. The Bertz CT molecular complexity index is 1170. The van der Waals surface area contributed by atoms with Gasteiger partial charge in [0.05, 0.1) is 6.42 Å². The number of allylic oxidation sites excluding steroid dienone is 15. The molecule has 0 aromatic carbocycles. The normalized spacial score (nSPS) is 13.0. The zero-order valence-electron chi connectivity index (χ0n) is 35.9. The van der Waals surface area contributed by atoms with E-state index in [1.165, 1.54) is 44.9 Å². The first-order valence-corrected chi connectivity index (χ1v) is 22.2. The minimum Gasteiger partial charge on any atom is -0.462 e. The predicted octanol–water partition coefficient (Wildman–Crippen LogP) is 14.2.